The largest absolute Gasteiger partial charge is 0.456 e. The zero-order valence-corrected chi connectivity index (χ0v) is 12.0. The first-order valence-electron chi connectivity index (χ1n) is 5.12. The molecule has 1 rings (SSSR count). The van der Waals surface area contributed by atoms with Gasteiger partial charge in [0.25, 0.3) is 0 Å². The van der Waals surface area contributed by atoms with Gasteiger partial charge in [0.2, 0.25) is 0 Å². The van der Waals surface area contributed by atoms with Gasteiger partial charge in [0, 0.05) is 3.57 Å². The van der Waals surface area contributed by atoms with Crippen LogP contribution in [0.15, 0.2) is 24.3 Å². The molecule has 0 saturated heterocycles. The van der Waals surface area contributed by atoms with Crippen molar-refractivity contribution in [2.45, 2.75) is 0 Å². The van der Waals surface area contributed by atoms with Crippen LogP contribution in [0.25, 0.3) is 0 Å². The van der Waals surface area contributed by atoms with Gasteiger partial charge in [-0.3, -0.25) is 0 Å². The lowest BCUT2D eigenvalue weighted by Gasteiger charge is -2.23. The number of carbonyl (C=O) groups excluding carboxylic acids is 1. The van der Waals surface area contributed by atoms with E-state index in [1.807, 2.05) is 12.1 Å². The molecule has 0 spiro atoms. The fraction of sp³-hybridized carbons (Fsp3) is 0.417. The molecule has 4 heteroatoms. The van der Waals surface area contributed by atoms with Crippen LogP contribution in [0.3, 0.4) is 0 Å². The molecule has 88 valence electrons. The van der Waals surface area contributed by atoms with Crippen LogP contribution in [0.1, 0.15) is 10.4 Å². The summed E-state index contributed by atoms with van der Waals surface area (Å²) >= 11 is 2.20. The van der Waals surface area contributed by atoms with E-state index in [2.05, 4.69) is 43.7 Å². The Morgan fingerprint density at radius 1 is 1.25 bits per heavy atom. The van der Waals surface area contributed by atoms with Crippen LogP contribution in [-0.2, 0) is 4.74 Å². The van der Waals surface area contributed by atoms with E-state index in [9.17, 15) is 4.79 Å². The Hall–Kier alpha value is -0.620. The number of quaternary nitrogens is 1. The van der Waals surface area contributed by atoms with Crippen molar-refractivity contribution in [3.05, 3.63) is 33.4 Å². The number of rotatable bonds is 4. The third-order valence-electron chi connectivity index (χ3n) is 2.08. The Morgan fingerprint density at radius 3 is 2.31 bits per heavy atom. The lowest BCUT2D eigenvalue weighted by molar-refractivity contribution is -0.870. The standard InChI is InChI=1S/C12H17INO2/c1-14(2,3)8-9-16-12(15)10-4-6-11(13)7-5-10/h4-7H,8-9H2,1-3H3/q+1. The number of nitrogens with zero attached hydrogens (tertiary/aromatic N) is 1. The average molecular weight is 334 g/mol. The predicted molar refractivity (Wildman–Crippen MR) is 72.3 cm³/mol. The molecule has 0 radical (unpaired) electrons. The first kappa shape index (κ1) is 13.4. The van der Waals surface area contributed by atoms with Crippen molar-refractivity contribution in [1.82, 2.24) is 0 Å². The highest BCUT2D eigenvalue weighted by Crippen LogP contribution is 2.08. The smallest absolute Gasteiger partial charge is 0.338 e. The molecule has 0 aliphatic heterocycles. The molecule has 0 N–H and O–H groups in total. The van der Waals surface area contributed by atoms with E-state index >= 15 is 0 Å². The number of ether oxygens (including phenoxy) is 1. The van der Waals surface area contributed by atoms with E-state index < -0.39 is 0 Å². The number of likely N-dealkylation sites (N-methyl/N-ethyl adjacent to an activating group) is 1. The summed E-state index contributed by atoms with van der Waals surface area (Å²) in [5, 5.41) is 0. The topological polar surface area (TPSA) is 26.3 Å². The van der Waals surface area contributed by atoms with Crippen LogP contribution in [0, 0.1) is 3.57 Å². The summed E-state index contributed by atoms with van der Waals surface area (Å²) in [6, 6.07) is 7.38. The van der Waals surface area contributed by atoms with Crippen LogP contribution < -0.4 is 0 Å². The highest BCUT2D eigenvalue weighted by atomic mass is 127. The van der Waals surface area contributed by atoms with Crippen molar-refractivity contribution in [1.29, 1.82) is 0 Å². The summed E-state index contributed by atoms with van der Waals surface area (Å²) in [6.07, 6.45) is 0. The Balaban J connectivity index is 2.44. The Bertz CT molecular complexity index is 354. The molecule has 1 aromatic carbocycles. The maximum Gasteiger partial charge on any atom is 0.338 e. The van der Waals surface area contributed by atoms with Crippen molar-refractivity contribution in [3.8, 4) is 0 Å². The molecule has 0 unspecified atom stereocenters. The molecular formula is C12H17INO2+. The minimum atomic E-state index is -0.246. The third kappa shape index (κ3) is 4.94. The molecule has 0 amide bonds. The SMILES string of the molecule is C[N+](C)(C)CCOC(=O)c1ccc(I)cc1. The van der Waals surface area contributed by atoms with Gasteiger partial charge >= 0.3 is 5.97 Å². The lowest BCUT2D eigenvalue weighted by atomic mass is 10.2. The second kappa shape index (κ2) is 5.63. The van der Waals surface area contributed by atoms with Crippen molar-refractivity contribution >= 4 is 28.6 Å². The predicted octanol–water partition coefficient (Wildman–Crippen LogP) is 2.15. The second-order valence-electron chi connectivity index (χ2n) is 4.66. The van der Waals surface area contributed by atoms with Gasteiger partial charge in [0.1, 0.15) is 13.2 Å². The number of hydrogen-bond donors (Lipinski definition) is 0. The van der Waals surface area contributed by atoms with Gasteiger partial charge in [-0.1, -0.05) is 0 Å². The summed E-state index contributed by atoms with van der Waals surface area (Å²) < 4.78 is 7.09. The van der Waals surface area contributed by atoms with Gasteiger partial charge in [-0.15, -0.1) is 0 Å². The number of benzene rings is 1. The summed E-state index contributed by atoms with van der Waals surface area (Å²) in [5.41, 5.74) is 0.613. The zero-order chi connectivity index (χ0) is 12.2. The number of halogens is 1. The van der Waals surface area contributed by atoms with Gasteiger partial charge in [0.15, 0.2) is 0 Å². The number of hydrogen-bond acceptors (Lipinski definition) is 2. The van der Waals surface area contributed by atoms with Crippen LogP contribution in [0.2, 0.25) is 0 Å². The molecule has 0 saturated carbocycles. The molecule has 3 nitrogen and oxygen atoms in total. The number of esters is 1. The highest BCUT2D eigenvalue weighted by molar-refractivity contribution is 14.1. The molecule has 0 fully saturated rings. The molecule has 0 heterocycles. The van der Waals surface area contributed by atoms with E-state index in [1.165, 1.54) is 0 Å². The normalized spacial score (nSPS) is 11.2. The van der Waals surface area contributed by atoms with E-state index in [-0.39, 0.29) is 5.97 Å². The van der Waals surface area contributed by atoms with E-state index in [4.69, 9.17) is 4.74 Å². The minimum Gasteiger partial charge on any atom is -0.456 e. The summed E-state index contributed by atoms with van der Waals surface area (Å²) in [4.78, 5) is 11.6. The Kier molecular flexibility index (Phi) is 4.73. The van der Waals surface area contributed by atoms with Gasteiger partial charge in [-0.25, -0.2) is 4.79 Å². The van der Waals surface area contributed by atoms with Gasteiger partial charge < -0.3 is 9.22 Å². The third-order valence-corrected chi connectivity index (χ3v) is 2.79. The zero-order valence-electron chi connectivity index (χ0n) is 9.87. The van der Waals surface area contributed by atoms with Crippen molar-refractivity contribution in [3.63, 3.8) is 0 Å². The van der Waals surface area contributed by atoms with Crippen LogP contribution in [-0.4, -0.2) is 44.7 Å². The summed E-state index contributed by atoms with van der Waals surface area (Å²) in [6.45, 7) is 1.27. The van der Waals surface area contributed by atoms with Crippen LogP contribution in [0.5, 0.6) is 0 Å². The second-order valence-corrected chi connectivity index (χ2v) is 5.90. The number of carbonyl (C=O) groups is 1. The molecular weight excluding hydrogens is 317 g/mol. The molecule has 0 bridgehead atoms. The van der Waals surface area contributed by atoms with Crippen LogP contribution >= 0.6 is 22.6 Å². The molecule has 1 aromatic rings. The van der Waals surface area contributed by atoms with E-state index in [0.717, 1.165) is 14.6 Å². The van der Waals surface area contributed by atoms with E-state index in [0.29, 0.717) is 12.2 Å². The molecule has 0 aliphatic carbocycles. The quantitative estimate of drug-likeness (QED) is 0.479. The van der Waals surface area contributed by atoms with Crippen LogP contribution in [0.4, 0.5) is 0 Å². The maximum atomic E-state index is 11.6. The molecule has 0 atom stereocenters. The van der Waals surface area contributed by atoms with Crippen molar-refractivity contribution < 1.29 is 14.0 Å². The molecule has 16 heavy (non-hydrogen) atoms. The maximum absolute atomic E-state index is 11.6. The van der Waals surface area contributed by atoms with E-state index in [1.54, 1.807) is 12.1 Å². The van der Waals surface area contributed by atoms with Gasteiger partial charge in [0.05, 0.1) is 26.7 Å². The monoisotopic (exact) mass is 334 g/mol. The fourth-order valence-electron chi connectivity index (χ4n) is 1.08. The highest BCUT2D eigenvalue weighted by Gasteiger charge is 2.10. The Morgan fingerprint density at radius 2 is 1.81 bits per heavy atom. The van der Waals surface area contributed by atoms with Crippen molar-refractivity contribution in [2.75, 3.05) is 34.3 Å². The first-order chi connectivity index (χ1) is 7.38. The minimum absolute atomic E-state index is 0.246. The first-order valence-corrected chi connectivity index (χ1v) is 6.19. The summed E-state index contributed by atoms with van der Waals surface area (Å²) in [7, 11) is 6.20. The lowest BCUT2D eigenvalue weighted by Crippen LogP contribution is -2.38. The molecule has 0 aliphatic rings. The molecule has 0 aromatic heterocycles. The summed E-state index contributed by atoms with van der Waals surface area (Å²) in [5.74, 6) is -0.246. The average Bonchev–Trinajstić information content (AvgIpc) is 2.16. The van der Waals surface area contributed by atoms with Gasteiger partial charge in [-0.2, -0.15) is 0 Å². The van der Waals surface area contributed by atoms with Crippen molar-refractivity contribution in [2.24, 2.45) is 0 Å². The fourth-order valence-corrected chi connectivity index (χ4v) is 1.44. The Labute approximate surface area is 110 Å². The van der Waals surface area contributed by atoms with Gasteiger partial charge in [-0.05, 0) is 46.9 Å².